The minimum atomic E-state index is -3.52. The maximum Gasteiger partial charge on any atom is 0.327 e. The molecule has 4 aliphatic rings. The third-order valence-electron chi connectivity index (χ3n) is 7.14. The van der Waals surface area contributed by atoms with E-state index in [-0.39, 0.29) is 54.0 Å². The zero-order chi connectivity index (χ0) is 23.5. The molecular formula is C22H38N4O5S. The van der Waals surface area contributed by atoms with E-state index >= 15 is 0 Å². The van der Waals surface area contributed by atoms with Crippen LogP contribution in [0.2, 0.25) is 0 Å². The van der Waals surface area contributed by atoms with Gasteiger partial charge in [-0.2, -0.15) is 5.48 Å². The normalized spacial score (nSPS) is 35.2. The zero-order valence-corrected chi connectivity index (χ0v) is 20.7. The SMILES string of the molecule is CC1CC(CN2C(=O)C3CC(S(=O)(=O)NC4(C)CC4)CCC3N(CC(C)(C)C)C2=O)ON1. The van der Waals surface area contributed by atoms with E-state index in [0.717, 1.165) is 12.8 Å². The summed E-state index contributed by atoms with van der Waals surface area (Å²) in [5.74, 6) is -0.769. The van der Waals surface area contributed by atoms with Crippen molar-refractivity contribution < 1.29 is 22.8 Å². The minimum absolute atomic E-state index is 0.142. The predicted octanol–water partition coefficient (Wildman–Crippen LogP) is 1.99. The highest BCUT2D eigenvalue weighted by molar-refractivity contribution is 7.90. The summed E-state index contributed by atoms with van der Waals surface area (Å²) in [5, 5.41) is -0.610. The minimum Gasteiger partial charge on any atom is -0.320 e. The highest BCUT2D eigenvalue weighted by Gasteiger charge is 2.53. The molecule has 0 aromatic heterocycles. The topological polar surface area (TPSA) is 108 Å². The lowest BCUT2D eigenvalue weighted by Gasteiger charge is -2.50. The number of hydrogen-bond acceptors (Lipinski definition) is 6. The number of hydroxylamine groups is 1. The van der Waals surface area contributed by atoms with E-state index in [1.165, 1.54) is 4.90 Å². The molecule has 2 saturated carbocycles. The van der Waals surface area contributed by atoms with Crippen molar-refractivity contribution in [2.24, 2.45) is 11.3 Å². The van der Waals surface area contributed by atoms with E-state index in [4.69, 9.17) is 4.84 Å². The number of urea groups is 1. The third kappa shape index (κ3) is 4.98. The second kappa shape index (κ2) is 8.21. The Morgan fingerprint density at radius 3 is 2.44 bits per heavy atom. The smallest absolute Gasteiger partial charge is 0.320 e. The third-order valence-corrected chi connectivity index (χ3v) is 9.22. The van der Waals surface area contributed by atoms with Crippen LogP contribution in [0.15, 0.2) is 0 Å². The van der Waals surface area contributed by atoms with Crippen LogP contribution in [0.3, 0.4) is 0 Å². The Hall–Kier alpha value is -1.23. The monoisotopic (exact) mass is 470 g/mol. The first-order chi connectivity index (χ1) is 14.8. The molecule has 4 rings (SSSR count). The molecule has 9 nitrogen and oxygen atoms in total. The molecule has 2 heterocycles. The summed E-state index contributed by atoms with van der Waals surface area (Å²) < 4.78 is 29.0. The van der Waals surface area contributed by atoms with Gasteiger partial charge in [0.1, 0.15) is 0 Å². The van der Waals surface area contributed by atoms with E-state index in [1.54, 1.807) is 0 Å². The van der Waals surface area contributed by atoms with Gasteiger partial charge >= 0.3 is 6.03 Å². The summed E-state index contributed by atoms with van der Waals surface area (Å²) in [6, 6.07) is -0.373. The average molecular weight is 471 g/mol. The highest BCUT2D eigenvalue weighted by Crippen LogP contribution is 2.41. The molecule has 2 aliphatic carbocycles. The van der Waals surface area contributed by atoms with Crippen LogP contribution in [-0.2, 0) is 19.7 Å². The van der Waals surface area contributed by atoms with Gasteiger partial charge in [-0.3, -0.25) is 14.5 Å². The maximum absolute atomic E-state index is 13.5. The molecule has 0 radical (unpaired) electrons. The summed E-state index contributed by atoms with van der Waals surface area (Å²) in [5.41, 5.74) is 2.42. The van der Waals surface area contributed by atoms with Crippen LogP contribution < -0.4 is 10.2 Å². The van der Waals surface area contributed by atoms with Crippen LogP contribution in [-0.4, -0.2) is 72.2 Å². The van der Waals surface area contributed by atoms with Crippen molar-refractivity contribution in [3.63, 3.8) is 0 Å². The molecule has 5 unspecified atom stereocenters. The zero-order valence-electron chi connectivity index (χ0n) is 19.9. The van der Waals surface area contributed by atoms with E-state index < -0.39 is 21.2 Å². The van der Waals surface area contributed by atoms with Crippen LogP contribution in [0.1, 0.15) is 73.1 Å². The molecule has 10 heteroatoms. The molecule has 0 aromatic rings. The lowest BCUT2D eigenvalue weighted by molar-refractivity contribution is -0.143. The van der Waals surface area contributed by atoms with Crippen LogP contribution in [0, 0.1) is 11.3 Å². The van der Waals surface area contributed by atoms with E-state index in [0.29, 0.717) is 25.8 Å². The van der Waals surface area contributed by atoms with E-state index in [2.05, 4.69) is 31.0 Å². The molecule has 3 amide bonds. The number of hydrogen-bond donors (Lipinski definition) is 2. The van der Waals surface area contributed by atoms with Crippen LogP contribution in [0.5, 0.6) is 0 Å². The summed E-state index contributed by atoms with van der Waals surface area (Å²) in [7, 11) is -3.52. The van der Waals surface area contributed by atoms with E-state index in [1.807, 2.05) is 18.7 Å². The fourth-order valence-corrected chi connectivity index (χ4v) is 7.19. The molecule has 5 atom stereocenters. The standard InChI is InChI=1S/C22H38N4O5S/c1-14-10-15(31-23-14)12-25-19(27)17-11-16(32(29,30)24-22(5)8-9-22)6-7-18(17)26(20(25)28)13-21(2,3)4/h14-18,23-24H,6-13H2,1-5H3. The van der Waals surface area contributed by atoms with Gasteiger partial charge in [-0.15, -0.1) is 0 Å². The number of sulfonamides is 1. The number of imide groups is 1. The first-order valence-electron chi connectivity index (χ1n) is 11.8. The summed E-state index contributed by atoms with van der Waals surface area (Å²) >= 11 is 0. The molecule has 182 valence electrons. The second-order valence-corrected chi connectivity index (χ2v) is 13.7. The lowest BCUT2D eigenvalue weighted by atomic mass is 9.79. The van der Waals surface area contributed by atoms with Crippen LogP contribution >= 0.6 is 0 Å². The lowest BCUT2D eigenvalue weighted by Crippen LogP contribution is -2.66. The van der Waals surface area contributed by atoms with Gasteiger partial charge in [0, 0.05) is 24.2 Å². The van der Waals surface area contributed by atoms with E-state index in [9.17, 15) is 18.0 Å². The van der Waals surface area contributed by atoms with Crippen molar-refractivity contribution in [2.45, 2.75) is 102 Å². The first-order valence-corrected chi connectivity index (χ1v) is 13.4. The Morgan fingerprint density at radius 1 is 1.19 bits per heavy atom. The predicted molar refractivity (Wildman–Crippen MR) is 120 cm³/mol. The molecule has 4 fully saturated rings. The molecular weight excluding hydrogens is 432 g/mol. The second-order valence-electron chi connectivity index (χ2n) is 11.7. The van der Waals surface area contributed by atoms with Crippen molar-refractivity contribution in [3.05, 3.63) is 0 Å². The maximum atomic E-state index is 13.5. The van der Waals surface area contributed by atoms with Gasteiger partial charge in [-0.1, -0.05) is 20.8 Å². The van der Waals surface area contributed by atoms with Crippen LogP contribution in [0.4, 0.5) is 4.79 Å². The number of fused-ring (bicyclic) bond motifs is 1. The highest BCUT2D eigenvalue weighted by atomic mass is 32.2. The Labute approximate surface area is 191 Å². The first kappa shape index (κ1) is 23.9. The average Bonchev–Trinajstić information content (AvgIpc) is 3.25. The Balaban J connectivity index is 1.56. The van der Waals surface area contributed by atoms with Gasteiger partial charge < -0.3 is 4.90 Å². The van der Waals surface area contributed by atoms with Crippen molar-refractivity contribution in [2.75, 3.05) is 13.1 Å². The Morgan fingerprint density at radius 2 is 1.88 bits per heavy atom. The molecule has 0 aromatic carbocycles. The summed E-state index contributed by atoms with van der Waals surface area (Å²) in [6.45, 7) is 10.8. The van der Waals surface area contributed by atoms with Gasteiger partial charge in [0.05, 0.1) is 23.8 Å². The molecule has 2 saturated heterocycles. The molecule has 2 aliphatic heterocycles. The van der Waals surface area contributed by atoms with Crippen LogP contribution in [0.25, 0.3) is 0 Å². The molecule has 32 heavy (non-hydrogen) atoms. The molecule has 2 N–H and O–H groups in total. The fourth-order valence-electron chi connectivity index (χ4n) is 5.23. The fraction of sp³-hybridized carbons (Fsp3) is 0.909. The van der Waals surface area contributed by atoms with Crippen molar-refractivity contribution in [1.82, 2.24) is 20.0 Å². The summed E-state index contributed by atoms with van der Waals surface area (Å²) in [4.78, 5) is 35.6. The van der Waals surface area contributed by atoms with Gasteiger partial charge in [0.2, 0.25) is 15.9 Å². The van der Waals surface area contributed by atoms with Gasteiger partial charge in [0.25, 0.3) is 0 Å². The number of rotatable bonds is 6. The molecule has 0 spiro atoms. The van der Waals surface area contributed by atoms with Gasteiger partial charge in [-0.25, -0.2) is 17.9 Å². The van der Waals surface area contributed by atoms with Crippen molar-refractivity contribution >= 4 is 22.0 Å². The van der Waals surface area contributed by atoms with Gasteiger partial charge in [-0.05, 0) is 57.8 Å². The Bertz CT molecular complexity index is 866. The van der Waals surface area contributed by atoms with Gasteiger partial charge in [0.15, 0.2) is 0 Å². The Kier molecular flexibility index (Phi) is 6.14. The largest absolute Gasteiger partial charge is 0.327 e. The number of amides is 3. The number of carbonyl (C=O) groups is 2. The summed E-state index contributed by atoms with van der Waals surface area (Å²) in [6.07, 6.45) is 3.38. The number of carbonyl (C=O) groups excluding carboxylic acids is 2. The number of nitrogens with one attached hydrogen (secondary N) is 2. The van der Waals surface area contributed by atoms with Crippen molar-refractivity contribution in [3.8, 4) is 0 Å². The van der Waals surface area contributed by atoms with Crippen molar-refractivity contribution in [1.29, 1.82) is 0 Å². The number of nitrogens with zero attached hydrogens (tertiary/aromatic N) is 2. The quantitative estimate of drug-likeness (QED) is 0.615. The molecule has 0 bridgehead atoms.